The summed E-state index contributed by atoms with van der Waals surface area (Å²) >= 11 is 0. The van der Waals surface area contributed by atoms with E-state index in [1.54, 1.807) is 32.3 Å². The van der Waals surface area contributed by atoms with Gasteiger partial charge < -0.3 is 19.6 Å². The molecular weight excluding hydrogens is 616 g/mol. The summed E-state index contributed by atoms with van der Waals surface area (Å²) in [5, 5.41) is 4.45. The Balaban J connectivity index is 0.000000266. The highest BCUT2D eigenvalue weighted by molar-refractivity contribution is 7.89. The number of hydrogen-bond acceptors (Lipinski definition) is 10. The van der Waals surface area contributed by atoms with E-state index >= 15 is 0 Å². The van der Waals surface area contributed by atoms with Gasteiger partial charge in [-0.05, 0) is 38.6 Å². The van der Waals surface area contributed by atoms with Crippen LogP contribution in [0.4, 0.5) is 0 Å². The van der Waals surface area contributed by atoms with Gasteiger partial charge in [0.25, 0.3) is 11.1 Å². The standard InChI is InChI=1S/C22H30N6O4S.C7H8N4O2/c1-5-7-17-19-20(27(4)25-17)22(29)24-21(23-19)16-14-15(8-9-18(16)32-6-2)33(30,31)28-12-10-26(3)11-13-28;1-10-5-4(8-3-9-5)6(12)11(2)7(10)13/h8-9,14H,5-7,10-13H2,1-4H3,(H,23,24,29);3H,1-2H3,(H,8,9). The average molecular weight is 655 g/mol. The van der Waals surface area contributed by atoms with Gasteiger partial charge in [0, 0.05) is 47.3 Å². The molecule has 6 rings (SSSR count). The van der Waals surface area contributed by atoms with Crippen LogP contribution >= 0.6 is 0 Å². The van der Waals surface area contributed by atoms with Crippen molar-refractivity contribution in [2.24, 2.45) is 21.1 Å². The van der Waals surface area contributed by atoms with Crippen molar-refractivity contribution in [2.45, 2.75) is 31.6 Å². The molecule has 0 atom stereocenters. The number of hydrogen-bond donors (Lipinski definition) is 2. The van der Waals surface area contributed by atoms with Crippen LogP contribution in [-0.4, -0.2) is 96.3 Å². The summed E-state index contributed by atoms with van der Waals surface area (Å²) in [6.45, 7) is 6.48. The van der Waals surface area contributed by atoms with Crippen molar-refractivity contribution in [1.82, 2.24) is 48.1 Å². The lowest BCUT2D eigenvalue weighted by molar-refractivity contribution is 0.222. The molecule has 0 aliphatic carbocycles. The zero-order chi connectivity index (χ0) is 33.3. The number of H-pyrrole nitrogens is 2. The molecule has 16 nitrogen and oxygen atoms in total. The molecule has 0 bridgehead atoms. The van der Waals surface area contributed by atoms with Crippen molar-refractivity contribution in [3.8, 4) is 17.1 Å². The third-order valence-corrected chi connectivity index (χ3v) is 9.78. The largest absolute Gasteiger partial charge is 0.493 e. The van der Waals surface area contributed by atoms with Crippen molar-refractivity contribution < 1.29 is 13.2 Å². The van der Waals surface area contributed by atoms with Gasteiger partial charge in [0.05, 0.1) is 29.1 Å². The number of fused-ring (bicyclic) bond motifs is 2. The predicted molar refractivity (Wildman–Crippen MR) is 173 cm³/mol. The first-order chi connectivity index (χ1) is 21.9. The smallest absolute Gasteiger partial charge is 0.332 e. The monoisotopic (exact) mass is 654 g/mol. The Morgan fingerprint density at radius 2 is 1.70 bits per heavy atom. The van der Waals surface area contributed by atoms with Gasteiger partial charge in [-0.3, -0.25) is 23.4 Å². The van der Waals surface area contributed by atoms with Crippen LogP contribution in [0.2, 0.25) is 0 Å². The number of sulfonamides is 1. The molecule has 5 aromatic rings. The first kappa shape index (κ1) is 32.8. The predicted octanol–water partition coefficient (Wildman–Crippen LogP) is 0.571. The minimum absolute atomic E-state index is 0.147. The van der Waals surface area contributed by atoms with Gasteiger partial charge in [0.2, 0.25) is 10.0 Å². The highest BCUT2D eigenvalue weighted by Gasteiger charge is 2.29. The molecule has 17 heteroatoms. The van der Waals surface area contributed by atoms with Crippen LogP contribution in [0, 0.1) is 0 Å². The Morgan fingerprint density at radius 3 is 2.37 bits per heavy atom. The van der Waals surface area contributed by atoms with Crippen LogP contribution in [0.15, 0.2) is 43.8 Å². The summed E-state index contributed by atoms with van der Waals surface area (Å²) in [7, 11) is 3.00. The molecule has 1 aliphatic heterocycles. The number of aryl methyl sites for hydroxylation is 3. The summed E-state index contributed by atoms with van der Waals surface area (Å²) in [5.41, 5.74) is 1.76. The molecule has 4 aromatic heterocycles. The van der Waals surface area contributed by atoms with Crippen LogP contribution < -0.4 is 21.5 Å². The Kier molecular flexibility index (Phi) is 9.27. The number of rotatable bonds is 7. The third-order valence-electron chi connectivity index (χ3n) is 7.88. The van der Waals surface area contributed by atoms with E-state index in [9.17, 15) is 22.8 Å². The molecule has 1 aromatic carbocycles. The third kappa shape index (κ3) is 6.00. The van der Waals surface area contributed by atoms with Crippen molar-refractivity contribution >= 4 is 32.2 Å². The number of nitrogens with one attached hydrogen (secondary N) is 2. The summed E-state index contributed by atoms with van der Waals surface area (Å²) in [6.07, 6.45) is 2.94. The summed E-state index contributed by atoms with van der Waals surface area (Å²) in [5.74, 6) is 0.718. The minimum atomic E-state index is -3.70. The maximum atomic E-state index is 13.3. The van der Waals surface area contributed by atoms with Crippen molar-refractivity contribution in [1.29, 1.82) is 0 Å². The molecule has 0 radical (unpaired) electrons. The van der Waals surface area contributed by atoms with Crippen LogP contribution in [0.25, 0.3) is 33.6 Å². The maximum Gasteiger partial charge on any atom is 0.332 e. The Labute approximate surface area is 264 Å². The van der Waals surface area contributed by atoms with E-state index in [1.165, 1.54) is 26.9 Å². The van der Waals surface area contributed by atoms with Crippen molar-refractivity contribution in [3.05, 3.63) is 61.4 Å². The second-order valence-electron chi connectivity index (χ2n) is 11.0. The molecule has 0 saturated carbocycles. The number of piperazine rings is 1. The van der Waals surface area contributed by atoms with Crippen molar-refractivity contribution in [2.75, 3.05) is 39.8 Å². The van der Waals surface area contributed by atoms with Crippen LogP contribution in [0.3, 0.4) is 0 Å². The van der Waals surface area contributed by atoms with Gasteiger partial charge in [-0.1, -0.05) is 13.3 Å². The molecule has 2 N–H and O–H groups in total. The number of benzene rings is 1. The number of imidazole rings is 1. The highest BCUT2D eigenvalue weighted by Crippen LogP contribution is 2.32. The SMILES string of the molecule is CCCc1nn(C)c2c(=O)[nH]c(-c3cc(S(=O)(=O)N4CCN(C)CC4)ccc3OCC)nc12.Cn1c(=O)c2[nH]cnc2n(C)c1=O. The van der Waals surface area contributed by atoms with Gasteiger partial charge in [-0.2, -0.15) is 9.40 Å². The Bertz CT molecular complexity index is 2190. The minimum Gasteiger partial charge on any atom is -0.493 e. The summed E-state index contributed by atoms with van der Waals surface area (Å²) < 4.78 is 37.8. The number of likely N-dealkylation sites (N-methyl/N-ethyl adjacent to an activating group) is 1. The molecule has 1 saturated heterocycles. The molecule has 246 valence electrons. The fraction of sp³-hybridized carbons (Fsp3) is 0.448. The van der Waals surface area contributed by atoms with E-state index < -0.39 is 10.0 Å². The Morgan fingerprint density at radius 1 is 0.978 bits per heavy atom. The number of aromatic amines is 2. The van der Waals surface area contributed by atoms with Gasteiger partial charge in [-0.15, -0.1) is 0 Å². The lowest BCUT2D eigenvalue weighted by Crippen LogP contribution is -2.47. The number of nitrogens with zero attached hydrogens (tertiary/aromatic N) is 8. The number of aromatic nitrogens is 8. The molecule has 46 heavy (non-hydrogen) atoms. The number of ether oxygens (including phenoxy) is 1. The first-order valence-electron chi connectivity index (χ1n) is 14.9. The lowest BCUT2D eigenvalue weighted by atomic mass is 10.1. The Hall–Kier alpha value is -4.61. The molecule has 0 spiro atoms. The molecule has 0 amide bonds. The van der Waals surface area contributed by atoms with Crippen LogP contribution in [0.5, 0.6) is 5.75 Å². The topological polar surface area (TPSA) is 186 Å². The van der Waals surface area contributed by atoms with Gasteiger partial charge >= 0.3 is 5.69 Å². The molecule has 0 unspecified atom stereocenters. The first-order valence-corrected chi connectivity index (χ1v) is 16.3. The zero-order valence-corrected chi connectivity index (χ0v) is 27.5. The van der Waals surface area contributed by atoms with E-state index in [0.717, 1.165) is 16.7 Å². The lowest BCUT2D eigenvalue weighted by Gasteiger charge is -2.31. The fourth-order valence-electron chi connectivity index (χ4n) is 5.36. The average Bonchev–Trinajstić information content (AvgIpc) is 3.65. The molecule has 5 heterocycles. The quantitative estimate of drug-likeness (QED) is 0.251. The second-order valence-corrected chi connectivity index (χ2v) is 13.0. The van der Waals surface area contributed by atoms with E-state index in [4.69, 9.17) is 9.72 Å². The van der Waals surface area contributed by atoms with E-state index in [0.29, 0.717) is 72.7 Å². The second kappa shape index (κ2) is 13.0. The molecule has 1 fully saturated rings. The van der Waals surface area contributed by atoms with E-state index in [2.05, 4.69) is 25.0 Å². The molecular formula is C29H38N10O6S. The zero-order valence-electron chi connectivity index (χ0n) is 26.7. The molecule has 1 aliphatic rings. The summed E-state index contributed by atoms with van der Waals surface area (Å²) in [6, 6.07) is 4.71. The maximum absolute atomic E-state index is 13.3. The normalized spacial score (nSPS) is 14.5. The highest BCUT2D eigenvalue weighted by atomic mass is 32.2. The van der Waals surface area contributed by atoms with Crippen LogP contribution in [0.1, 0.15) is 26.0 Å². The van der Waals surface area contributed by atoms with Gasteiger partial charge in [-0.25, -0.2) is 23.2 Å². The van der Waals surface area contributed by atoms with E-state index in [1.807, 2.05) is 20.9 Å². The fourth-order valence-corrected chi connectivity index (χ4v) is 6.81. The van der Waals surface area contributed by atoms with E-state index in [-0.39, 0.29) is 27.5 Å². The van der Waals surface area contributed by atoms with Crippen molar-refractivity contribution in [3.63, 3.8) is 0 Å². The van der Waals surface area contributed by atoms with Gasteiger partial charge in [0.1, 0.15) is 22.6 Å². The summed E-state index contributed by atoms with van der Waals surface area (Å²) in [4.78, 5) is 52.0. The van der Waals surface area contributed by atoms with Gasteiger partial charge in [0.15, 0.2) is 11.2 Å². The van der Waals surface area contributed by atoms with Crippen LogP contribution in [-0.2, 0) is 37.6 Å².